The summed E-state index contributed by atoms with van der Waals surface area (Å²) >= 11 is 0. The van der Waals surface area contributed by atoms with E-state index in [1.165, 1.54) is 0 Å². The number of nitrogens with one attached hydrogen (secondary N) is 2. The Morgan fingerprint density at radius 2 is 1.75 bits per heavy atom. The molecule has 0 saturated carbocycles. The van der Waals surface area contributed by atoms with Crippen LogP contribution < -0.4 is 21.5 Å². The molecule has 0 bridgehead atoms. The number of rotatable bonds is 5. The summed E-state index contributed by atoms with van der Waals surface area (Å²) in [6, 6.07) is 8.84. The predicted molar refractivity (Wildman–Crippen MR) is 79.2 cm³/mol. The Morgan fingerprint density at radius 1 is 1.15 bits per heavy atom. The van der Waals surface area contributed by atoms with Crippen LogP contribution in [0, 0.1) is 11.3 Å². The fraction of sp³-hybridized carbons (Fsp3) is 0.267. The van der Waals surface area contributed by atoms with Gasteiger partial charge >= 0.3 is 0 Å². The molecule has 5 nitrogen and oxygen atoms in total. The first-order valence-electron chi connectivity index (χ1n) is 6.43. The molecule has 0 amide bonds. The molecule has 1 unspecified atom stereocenters. The van der Waals surface area contributed by atoms with E-state index in [0.717, 1.165) is 6.42 Å². The first-order valence-corrected chi connectivity index (χ1v) is 6.43. The number of hydrogen-bond donors (Lipinski definition) is 2. The predicted octanol–water partition coefficient (Wildman–Crippen LogP) is 2.11. The largest absolute Gasteiger partial charge is 0.378 e. The number of hydrogen-bond acceptors (Lipinski definition) is 5. The third-order valence-electron chi connectivity index (χ3n) is 3.20. The Bertz CT molecular complexity index is 719. The lowest BCUT2D eigenvalue weighted by Gasteiger charge is -2.18. The van der Waals surface area contributed by atoms with Gasteiger partial charge in [-0.05, 0) is 37.6 Å². The van der Waals surface area contributed by atoms with Crippen molar-refractivity contribution in [3.63, 3.8) is 0 Å². The van der Waals surface area contributed by atoms with Gasteiger partial charge in [-0.2, -0.15) is 5.26 Å². The summed E-state index contributed by atoms with van der Waals surface area (Å²) in [6.07, 6.45) is 0.856. The minimum Gasteiger partial charge on any atom is -0.378 e. The fourth-order valence-electron chi connectivity index (χ4n) is 1.77. The SMILES string of the molecule is CCC(C)Nc1c(Nc2ccc(C#N)cc2)c(=O)c1=O. The molecular formula is C15H15N3O2. The van der Waals surface area contributed by atoms with E-state index in [4.69, 9.17) is 5.26 Å². The smallest absolute Gasteiger partial charge is 0.253 e. The molecule has 0 radical (unpaired) electrons. The minimum absolute atomic E-state index is 0.125. The van der Waals surface area contributed by atoms with Crippen molar-refractivity contribution < 1.29 is 0 Å². The van der Waals surface area contributed by atoms with E-state index in [0.29, 0.717) is 22.6 Å². The average molecular weight is 269 g/mol. The quantitative estimate of drug-likeness (QED) is 0.812. The zero-order chi connectivity index (χ0) is 14.7. The van der Waals surface area contributed by atoms with E-state index in [2.05, 4.69) is 10.6 Å². The molecule has 1 atom stereocenters. The average Bonchev–Trinajstić information content (AvgIpc) is 2.50. The van der Waals surface area contributed by atoms with Gasteiger partial charge in [0.25, 0.3) is 10.9 Å². The highest BCUT2D eigenvalue weighted by Gasteiger charge is 2.21. The maximum atomic E-state index is 11.6. The van der Waals surface area contributed by atoms with Crippen LogP contribution in [-0.2, 0) is 0 Å². The van der Waals surface area contributed by atoms with Gasteiger partial charge in [-0.15, -0.1) is 0 Å². The van der Waals surface area contributed by atoms with Crippen molar-refractivity contribution in [3.8, 4) is 6.07 Å². The first kappa shape index (κ1) is 13.8. The number of benzene rings is 1. The van der Waals surface area contributed by atoms with Gasteiger partial charge in [0.05, 0.1) is 11.6 Å². The highest BCUT2D eigenvalue weighted by molar-refractivity contribution is 5.78. The third kappa shape index (κ3) is 2.54. The lowest BCUT2D eigenvalue weighted by molar-refractivity contribution is 0.762. The molecule has 2 rings (SSSR count). The van der Waals surface area contributed by atoms with Crippen LogP contribution >= 0.6 is 0 Å². The molecule has 0 aliphatic carbocycles. The van der Waals surface area contributed by atoms with Crippen LogP contribution in [0.3, 0.4) is 0 Å². The van der Waals surface area contributed by atoms with E-state index < -0.39 is 10.9 Å². The van der Waals surface area contributed by atoms with E-state index in [-0.39, 0.29) is 6.04 Å². The molecule has 0 fully saturated rings. The monoisotopic (exact) mass is 269 g/mol. The second-order valence-corrected chi connectivity index (χ2v) is 4.68. The first-order chi connectivity index (χ1) is 9.56. The maximum Gasteiger partial charge on any atom is 0.253 e. The lowest BCUT2D eigenvalue weighted by Crippen LogP contribution is -2.38. The Labute approximate surface area is 116 Å². The van der Waals surface area contributed by atoms with Gasteiger partial charge in [-0.25, -0.2) is 0 Å². The van der Waals surface area contributed by atoms with Crippen LogP contribution in [0.15, 0.2) is 33.9 Å². The molecule has 0 spiro atoms. The Kier molecular flexibility index (Phi) is 3.85. The van der Waals surface area contributed by atoms with Crippen molar-refractivity contribution in [2.24, 2.45) is 0 Å². The van der Waals surface area contributed by atoms with Crippen molar-refractivity contribution in [2.75, 3.05) is 10.6 Å². The van der Waals surface area contributed by atoms with Crippen molar-refractivity contribution in [1.82, 2.24) is 0 Å². The van der Waals surface area contributed by atoms with Crippen LogP contribution in [0.2, 0.25) is 0 Å². The van der Waals surface area contributed by atoms with Crippen molar-refractivity contribution in [2.45, 2.75) is 26.3 Å². The zero-order valence-corrected chi connectivity index (χ0v) is 11.4. The molecular weight excluding hydrogens is 254 g/mol. The summed E-state index contributed by atoms with van der Waals surface area (Å²) in [5.74, 6) is 0. The number of anilines is 3. The molecule has 0 aliphatic heterocycles. The molecule has 2 aromatic carbocycles. The third-order valence-corrected chi connectivity index (χ3v) is 3.20. The molecule has 5 heteroatoms. The Hall–Kier alpha value is -2.61. The molecule has 0 saturated heterocycles. The van der Waals surface area contributed by atoms with Gasteiger partial charge in [-0.1, -0.05) is 6.92 Å². The van der Waals surface area contributed by atoms with E-state index in [9.17, 15) is 9.59 Å². The van der Waals surface area contributed by atoms with Crippen LogP contribution in [0.1, 0.15) is 25.8 Å². The summed E-state index contributed by atoms with van der Waals surface area (Å²) in [4.78, 5) is 23.2. The van der Waals surface area contributed by atoms with Crippen LogP contribution in [0.5, 0.6) is 0 Å². The van der Waals surface area contributed by atoms with Gasteiger partial charge in [0.1, 0.15) is 11.4 Å². The van der Waals surface area contributed by atoms with E-state index >= 15 is 0 Å². The Morgan fingerprint density at radius 3 is 2.30 bits per heavy atom. The van der Waals surface area contributed by atoms with Gasteiger partial charge in [0, 0.05) is 11.7 Å². The van der Waals surface area contributed by atoms with Crippen LogP contribution in [0.25, 0.3) is 0 Å². The van der Waals surface area contributed by atoms with E-state index in [1.54, 1.807) is 24.3 Å². The van der Waals surface area contributed by atoms with Gasteiger partial charge < -0.3 is 10.6 Å². The summed E-state index contributed by atoms with van der Waals surface area (Å²) in [5.41, 5.74) is 0.845. The maximum absolute atomic E-state index is 11.6. The molecule has 0 heterocycles. The second kappa shape index (κ2) is 5.57. The van der Waals surface area contributed by atoms with Gasteiger partial charge in [-0.3, -0.25) is 9.59 Å². The molecule has 102 valence electrons. The van der Waals surface area contributed by atoms with Crippen LogP contribution in [-0.4, -0.2) is 6.04 Å². The van der Waals surface area contributed by atoms with Gasteiger partial charge in [0.2, 0.25) is 0 Å². The summed E-state index contributed by atoms with van der Waals surface area (Å²) in [6.45, 7) is 3.94. The highest BCUT2D eigenvalue weighted by Crippen LogP contribution is 2.21. The van der Waals surface area contributed by atoms with Crippen molar-refractivity contribution >= 4 is 17.1 Å². The Balaban J connectivity index is 2.21. The highest BCUT2D eigenvalue weighted by atomic mass is 16.2. The summed E-state index contributed by atoms with van der Waals surface area (Å²) in [5, 5.41) is 14.7. The minimum atomic E-state index is -0.514. The normalized spacial score (nSPS) is 11.8. The molecule has 0 aliphatic rings. The van der Waals surface area contributed by atoms with Crippen LogP contribution in [0.4, 0.5) is 17.1 Å². The fourth-order valence-corrected chi connectivity index (χ4v) is 1.77. The summed E-state index contributed by atoms with van der Waals surface area (Å²) < 4.78 is 0. The second-order valence-electron chi connectivity index (χ2n) is 4.68. The standard InChI is InChI=1S/C15H15N3O2/c1-3-9(2)17-12-13(15(20)14(12)19)18-11-6-4-10(8-16)5-7-11/h4-7,9,17-18H,3H2,1-2H3. The number of nitriles is 1. The molecule has 0 aromatic heterocycles. The number of nitrogens with zero attached hydrogens (tertiary/aromatic N) is 1. The zero-order valence-electron chi connectivity index (χ0n) is 11.4. The van der Waals surface area contributed by atoms with Crippen molar-refractivity contribution in [1.29, 1.82) is 5.26 Å². The van der Waals surface area contributed by atoms with Crippen molar-refractivity contribution in [3.05, 3.63) is 50.3 Å². The van der Waals surface area contributed by atoms with E-state index in [1.807, 2.05) is 19.9 Å². The molecule has 2 aromatic rings. The lowest BCUT2D eigenvalue weighted by atomic mass is 10.1. The topological polar surface area (TPSA) is 82.0 Å². The summed E-state index contributed by atoms with van der Waals surface area (Å²) in [7, 11) is 0. The molecule has 2 N–H and O–H groups in total. The van der Waals surface area contributed by atoms with Gasteiger partial charge in [0.15, 0.2) is 0 Å². The molecule has 20 heavy (non-hydrogen) atoms.